The van der Waals surface area contributed by atoms with Crippen molar-refractivity contribution in [3.05, 3.63) is 53.1 Å². The number of nitrogens with one attached hydrogen (secondary N) is 1. The summed E-state index contributed by atoms with van der Waals surface area (Å²) < 4.78 is 53.9. The molecule has 0 radical (unpaired) electrons. The Hall–Kier alpha value is -2.56. The van der Waals surface area contributed by atoms with Crippen molar-refractivity contribution in [3.63, 3.8) is 0 Å². The molecule has 1 saturated heterocycles. The highest BCUT2D eigenvalue weighted by Gasteiger charge is 2.36. The quantitative estimate of drug-likeness (QED) is 0.648. The van der Waals surface area contributed by atoms with Gasteiger partial charge in [0.15, 0.2) is 0 Å². The van der Waals surface area contributed by atoms with Gasteiger partial charge in [0.05, 0.1) is 10.9 Å². The molecule has 172 valence electrons. The van der Waals surface area contributed by atoms with E-state index < -0.39 is 39.4 Å². The summed E-state index contributed by atoms with van der Waals surface area (Å²) in [6, 6.07) is 6.83. The molecule has 1 fully saturated rings. The highest BCUT2D eigenvalue weighted by Crippen LogP contribution is 2.30. The molecule has 1 aliphatic heterocycles. The van der Waals surface area contributed by atoms with Crippen LogP contribution in [0.4, 0.5) is 20.2 Å². The second-order valence-electron chi connectivity index (χ2n) is 7.26. The van der Waals surface area contributed by atoms with Crippen molar-refractivity contribution < 1.29 is 26.8 Å². The molecule has 1 unspecified atom stereocenters. The molecule has 1 heterocycles. The summed E-state index contributed by atoms with van der Waals surface area (Å²) in [6.45, 7) is 3.85. The van der Waals surface area contributed by atoms with Crippen LogP contribution in [0, 0.1) is 17.6 Å². The lowest BCUT2D eigenvalue weighted by Crippen LogP contribution is -2.31. The van der Waals surface area contributed by atoms with Crippen LogP contribution in [0.3, 0.4) is 0 Å². The lowest BCUT2D eigenvalue weighted by molar-refractivity contribution is -0.122. The second kappa shape index (κ2) is 9.51. The third kappa shape index (κ3) is 4.92. The summed E-state index contributed by atoms with van der Waals surface area (Å²) in [6.07, 6.45) is -0.151. The number of carbonyl (C=O) groups is 2. The molecular weight excluding hydrogens is 464 g/mol. The minimum Gasteiger partial charge on any atom is -0.326 e. The summed E-state index contributed by atoms with van der Waals surface area (Å²) in [5.74, 6) is -3.41. The Labute approximate surface area is 190 Å². The van der Waals surface area contributed by atoms with Crippen LogP contribution in [-0.2, 0) is 19.6 Å². The zero-order chi connectivity index (χ0) is 23.6. The van der Waals surface area contributed by atoms with E-state index in [1.807, 2.05) is 0 Å². The molecule has 2 aromatic carbocycles. The van der Waals surface area contributed by atoms with E-state index >= 15 is 0 Å². The second-order valence-corrected chi connectivity index (χ2v) is 9.57. The van der Waals surface area contributed by atoms with Crippen molar-refractivity contribution in [2.24, 2.45) is 5.92 Å². The van der Waals surface area contributed by atoms with Crippen LogP contribution in [-0.4, -0.2) is 44.2 Å². The molecule has 32 heavy (non-hydrogen) atoms. The van der Waals surface area contributed by atoms with Gasteiger partial charge in [-0.05, 0) is 30.3 Å². The highest BCUT2D eigenvalue weighted by atomic mass is 35.5. The predicted octanol–water partition coefficient (Wildman–Crippen LogP) is 3.64. The van der Waals surface area contributed by atoms with Gasteiger partial charge in [0.25, 0.3) is 0 Å². The molecule has 0 aliphatic carbocycles. The van der Waals surface area contributed by atoms with Gasteiger partial charge in [-0.2, -0.15) is 4.31 Å². The molecule has 1 aliphatic rings. The Balaban J connectivity index is 1.79. The topological polar surface area (TPSA) is 86.8 Å². The first kappa shape index (κ1) is 24.1. The number of halogens is 3. The summed E-state index contributed by atoms with van der Waals surface area (Å²) >= 11 is 6.10. The maximum absolute atomic E-state index is 13.5. The smallest absolute Gasteiger partial charge is 0.244 e. The fourth-order valence-electron chi connectivity index (χ4n) is 3.55. The largest absolute Gasteiger partial charge is 0.326 e. The first-order chi connectivity index (χ1) is 15.1. The summed E-state index contributed by atoms with van der Waals surface area (Å²) in [5, 5.41) is 2.63. The number of amides is 2. The van der Waals surface area contributed by atoms with Gasteiger partial charge in [0, 0.05) is 43.5 Å². The van der Waals surface area contributed by atoms with E-state index in [9.17, 15) is 26.8 Å². The number of anilines is 2. The predicted molar refractivity (Wildman–Crippen MR) is 117 cm³/mol. The average Bonchev–Trinajstić information content (AvgIpc) is 3.11. The van der Waals surface area contributed by atoms with Gasteiger partial charge >= 0.3 is 0 Å². The highest BCUT2D eigenvalue weighted by molar-refractivity contribution is 7.89. The van der Waals surface area contributed by atoms with Crippen molar-refractivity contribution in [2.75, 3.05) is 29.9 Å². The summed E-state index contributed by atoms with van der Waals surface area (Å²) in [5.41, 5.74) is 0.231. The van der Waals surface area contributed by atoms with Gasteiger partial charge in [-0.1, -0.05) is 25.4 Å². The van der Waals surface area contributed by atoms with Crippen molar-refractivity contribution in [1.29, 1.82) is 0 Å². The number of hydrogen-bond donors (Lipinski definition) is 1. The molecular formula is C21H22ClF2N3O4S. The van der Waals surface area contributed by atoms with Crippen LogP contribution in [0.25, 0.3) is 0 Å². The lowest BCUT2D eigenvalue weighted by atomic mass is 10.1. The first-order valence-corrected chi connectivity index (χ1v) is 11.8. The third-order valence-electron chi connectivity index (χ3n) is 5.18. The van der Waals surface area contributed by atoms with Crippen LogP contribution >= 0.6 is 11.6 Å². The number of hydrogen-bond acceptors (Lipinski definition) is 4. The fraction of sp³-hybridized carbons (Fsp3) is 0.333. The molecule has 2 aromatic rings. The van der Waals surface area contributed by atoms with E-state index in [2.05, 4.69) is 5.32 Å². The zero-order valence-electron chi connectivity index (χ0n) is 17.4. The van der Waals surface area contributed by atoms with Crippen LogP contribution in [0.1, 0.15) is 20.3 Å². The molecule has 1 atom stereocenters. The fourth-order valence-corrected chi connectivity index (χ4v) is 5.51. The number of nitrogens with zero attached hydrogens (tertiary/aromatic N) is 2. The number of sulfonamides is 1. The minimum atomic E-state index is -3.85. The SMILES string of the molecule is CCN(CC)S(=O)(=O)c1cc(NC(=O)C2CC(=O)N(c3cc(F)cc(F)c3)C2)ccc1Cl. The van der Waals surface area contributed by atoms with Crippen LogP contribution < -0.4 is 10.2 Å². The molecule has 0 aromatic heterocycles. The Bertz CT molecular complexity index is 1140. The minimum absolute atomic E-state index is 0.0187. The van der Waals surface area contributed by atoms with Gasteiger partial charge in [-0.25, -0.2) is 17.2 Å². The summed E-state index contributed by atoms with van der Waals surface area (Å²) in [7, 11) is -3.85. The van der Waals surface area contributed by atoms with E-state index in [1.165, 1.54) is 22.5 Å². The van der Waals surface area contributed by atoms with Gasteiger partial charge in [0.2, 0.25) is 21.8 Å². The molecule has 0 bridgehead atoms. The maximum Gasteiger partial charge on any atom is 0.244 e. The zero-order valence-corrected chi connectivity index (χ0v) is 19.0. The molecule has 1 N–H and O–H groups in total. The molecule has 11 heteroatoms. The Morgan fingerprint density at radius 1 is 1.16 bits per heavy atom. The van der Waals surface area contributed by atoms with E-state index in [4.69, 9.17) is 11.6 Å². The third-order valence-corrected chi connectivity index (χ3v) is 7.71. The normalized spacial score (nSPS) is 16.6. The average molecular weight is 486 g/mol. The van der Waals surface area contributed by atoms with E-state index in [1.54, 1.807) is 13.8 Å². The Kier molecular flexibility index (Phi) is 7.16. The molecule has 0 spiro atoms. The first-order valence-electron chi connectivity index (χ1n) is 9.93. The number of carbonyl (C=O) groups excluding carboxylic acids is 2. The van der Waals surface area contributed by atoms with Gasteiger partial charge < -0.3 is 10.2 Å². The molecule has 2 amide bonds. The summed E-state index contributed by atoms with van der Waals surface area (Å²) in [4.78, 5) is 26.1. The monoisotopic (exact) mass is 485 g/mol. The van der Waals surface area contributed by atoms with E-state index in [0.29, 0.717) is 6.07 Å². The Morgan fingerprint density at radius 2 is 1.78 bits per heavy atom. The van der Waals surface area contributed by atoms with Gasteiger partial charge in [0.1, 0.15) is 16.5 Å². The standard InChI is InChI=1S/C21H22ClF2N3O4S/c1-3-26(4-2)32(30,31)19-11-16(5-6-18(19)22)25-21(29)13-7-20(28)27(12-13)17-9-14(23)8-15(24)10-17/h5-6,8-11,13H,3-4,7,12H2,1-2H3,(H,25,29). The van der Waals surface area contributed by atoms with Crippen LogP contribution in [0.2, 0.25) is 5.02 Å². The molecule has 0 saturated carbocycles. The van der Waals surface area contributed by atoms with Crippen molar-refractivity contribution >= 4 is 44.8 Å². The van der Waals surface area contributed by atoms with Gasteiger partial charge in [-0.3, -0.25) is 9.59 Å². The van der Waals surface area contributed by atoms with Crippen molar-refractivity contribution in [3.8, 4) is 0 Å². The van der Waals surface area contributed by atoms with Crippen molar-refractivity contribution in [2.45, 2.75) is 25.2 Å². The number of rotatable bonds is 7. The molecule has 7 nitrogen and oxygen atoms in total. The van der Waals surface area contributed by atoms with Crippen LogP contribution in [0.15, 0.2) is 41.3 Å². The number of benzene rings is 2. The lowest BCUT2D eigenvalue weighted by Gasteiger charge is -2.20. The Morgan fingerprint density at radius 3 is 2.38 bits per heavy atom. The van der Waals surface area contributed by atoms with Crippen LogP contribution in [0.5, 0.6) is 0 Å². The molecule has 3 rings (SSSR count). The van der Waals surface area contributed by atoms with Gasteiger partial charge in [-0.15, -0.1) is 0 Å². The van der Waals surface area contributed by atoms with E-state index in [0.717, 1.165) is 17.0 Å². The maximum atomic E-state index is 13.5. The van der Waals surface area contributed by atoms with E-state index in [-0.39, 0.29) is 47.3 Å². The van der Waals surface area contributed by atoms with Crippen molar-refractivity contribution in [1.82, 2.24) is 4.31 Å².